The number of carbonyl (C=O) groups is 1. The standard InChI is InChI=1S/C22H19ClN3O2/c1-2-28-22(27)19-15-25(20-7-4-3-6-18(20)21(19)23)14-16-8-10-17(11-9-16)26-13-5-12-24-26/h3-13,15H,2,14H2,1H3/q+1. The summed E-state index contributed by atoms with van der Waals surface area (Å²) in [6.07, 6.45) is 5.42. The van der Waals surface area contributed by atoms with E-state index in [4.69, 9.17) is 16.3 Å². The molecule has 2 aromatic heterocycles. The normalized spacial score (nSPS) is 10.9. The molecule has 0 spiro atoms. The van der Waals surface area contributed by atoms with Crippen LogP contribution in [0.3, 0.4) is 0 Å². The van der Waals surface area contributed by atoms with E-state index in [2.05, 4.69) is 17.2 Å². The van der Waals surface area contributed by atoms with Gasteiger partial charge in [-0.15, -0.1) is 0 Å². The van der Waals surface area contributed by atoms with Gasteiger partial charge in [0.15, 0.2) is 12.7 Å². The predicted molar refractivity (Wildman–Crippen MR) is 108 cm³/mol. The maximum atomic E-state index is 12.4. The summed E-state index contributed by atoms with van der Waals surface area (Å²) in [5, 5.41) is 5.48. The zero-order valence-electron chi connectivity index (χ0n) is 15.4. The second-order valence-corrected chi connectivity index (χ2v) is 6.72. The lowest BCUT2D eigenvalue weighted by Gasteiger charge is -2.08. The lowest BCUT2D eigenvalue weighted by molar-refractivity contribution is -0.662. The van der Waals surface area contributed by atoms with Crippen molar-refractivity contribution in [1.82, 2.24) is 9.78 Å². The minimum atomic E-state index is -0.416. The maximum Gasteiger partial charge on any atom is 0.345 e. The Kier molecular flexibility index (Phi) is 5.08. The third kappa shape index (κ3) is 3.49. The molecule has 0 unspecified atom stereocenters. The van der Waals surface area contributed by atoms with Gasteiger partial charge in [0, 0.05) is 24.0 Å². The van der Waals surface area contributed by atoms with Crippen molar-refractivity contribution in [2.45, 2.75) is 13.5 Å². The monoisotopic (exact) mass is 392 g/mol. The highest BCUT2D eigenvalue weighted by Crippen LogP contribution is 2.25. The zero-order valence-corrected chi connectivity index (χ0v) is 16.1. The molecule has 4 rings (SSSR count). The third-order valence-electron chi connectivity index (χ3n) is 4.52. The highest BCUT2D eigenvalue weighted by molar-refractivity contribution is 6.38. The van der Waals surface area contributed by atoms with Gasteiger partial charge in [-0.1, -0.05) is 35.9 Å². The fourth-order valence-electron chi connectivity index (χ4n) is 3.19. The fraction of sp³-hybridized carbons (Fsp3) is 0.136. The molecule has 0 saturated carbocycles. The molecule has 0 fully saturated rings. The highest BCUT2D eigenvalue weighted by Gasteiger charge is 2.22. The van der Waals surface area contributed by atoms with E-state index in [-0.39, 0.29) is 0 Å². The van der Waals surface area contributed by atoms with Crippen LogP contribution in [0.1, 0.15) is 22.8 Å². The Morgan fingerprint density at radius 3 is 2.64 bits per heavy atom. The predicted octanol–water partition coefficient (Wildman–Crippen LogP) is 4.19. The van der Waals surface area contributed by atoms with Crippen LogP contribution in [-0.4, -0.2) is 22.4 Å². The molecule has 0 aliphatic carbocycles. The van der Waals surface area contributed by atoms with Crippen LogP contribution in [0.5, 0.6) is 0 Å². The Hall–Kier alpha value is -3.18. The first-order valence-corrected chi connectivity index (χ1v) is 9.42. The van der Waals surface area contributed by atoms with Gasteiger partial charge in [-0.2, -0.15) is 9.67 Å². The van der Waals surface area contributed by atoms with Crippen molar-refractivity contribution < 1.29 is 14.1 Å². The summed E-state index contributed by atoms with van der Waals surface area (Å²) in [4.78, 5) is 12.4. The quantitative estimate of drug-likeness (QED) is 0.378. The number of para-hydroxylation sites is 1. The molecule has 0 saturated heterocycles. The molecule has 2 aromatic carbocycles. The van der Waals surface area contributed by atoms with Gasteiger partial charge in [-0.25, -0.2) is 9.48 Å². The maximum absolute atomic E-state index is 12.4. The van der Waals surface area contributed by atoms with Crippen LogP contribution in [0.4, 0.5) is 0 Å². The first kappa shape index (κ1) is 18.2. The summed E-state index contributed by atoms with van der Waals surface area (Å²) in [6, 6.07) is 17.8. The average molecular weight is 393 g/mol. The lowest BCUT2D eigenvalue weighted by atomic mass is 10.1. The van der Waals surface area contributed by atoms with E-state index in [0.717, 1.165) is 22.2 Å². The molecule has 0 radical (unpaired) electrons. The van der Waals surface area contributed by atoms with Gasteiger partial charge in [0.2, 0.25) is 5.52 Å². The van der Waals surface area contributed by atoms with Crippen molar-refractivity contribution >= 4 is 28.5 Å². The largest absolute Gasteiger partial charge is 0.462 e. The van der Waals surface area contributed by atoms with Crippen LogP contribution in [0, 0.1) is 0 Å². The smallest absolute Gasteiger partial charge is 0.345 e. The van der Waals surface area contributed by atoms with Gasteiger partial charge in [0.05, 0.1) is 22.7 Å². The number of aromatic nitrogens is 3. The number of rotatable bonds is 5. The van der Waals surface area contributed by atoms with Gasteiger partial charge >= 0.3 is 5.97 Å². The number of hydrogen-bond acceptors (Lipinski definition) is 3. The summed E-state index contributed by atoms with van der Waals surface area (Å²) in [5.74, 6) is -0.416. The van der Waals surface area contributed by atoms with Crippen LogP contribution >= 0.6 is 11.6 Å². The molecule has 0 bridgehead atoms. The van der Waals surface area contributed by atoms with Gasteiger partial charge in [-0.3, -0.25) is 0 Å². The van der Waals surface area contributed by atoms with E-state index < -0.39 is 5.97 Å². The van der Waals surface area contributed by atoms with Crippen molar-refractivity contribution in [3.8, 4) is 5.69 Å². The van der Waals surface area contributed by atoms with Gasteiger partial charge in [0.25, 0.3) is 0 Å². The zero-order chi connectivity index (χ0) is 19.5. The third-order valence-corrected chi connectivity index (χ3v) is 4.93. The Morgan fingerprint density at radius 2 is 1.93 bits per heavy atom. The van der Waals surface area contributed by atoms with E-state index in [1.807, 2.05) is 57.9 Å². The van der Waals surface area contributed by atoms with Gasteiger partial charge < -0.3 is 4.74 Å². The summed E-state index contributed by atoms with van der Waals surface area (Å²) in [6.45, 7) is 2.68. The Morgan fingerprint density at radius 1 is 1.14 bits per heavy atom. The number of benzene rings is 2. The molecular weight excluding hydrogens is 374 g/mol. The van der Waals surface area contributed by atoms with Gasteiger partial charge in [0.1, 0.15) is 5.56 Å². The number of esters is 1. The van der Waals surface area contributed by atoms with E-state index in [9.17, 15) is 4.79 Å². The molecule has 28 heavy (non-hydrogen) atoms. The molecular formula is C22H19ClN3O2+. The minimum Gasteiger partial charge on any atom is -0.462 e. The summed E-state index contributed by atoms with van der Waals surface area (Å²) >= 11 is 6.50. The Balaban J connectivity index is 1.73. The molecule has 0 amide bonds. The Labute approximate surface area is 167 Å². The van der Waals surface area contributed by atoms with Gasteiger partial charge in [-0.05, 0) is 31.2 Å². The molecule has 6 heteroatoms. The van der Waals surface area contributed by atoms with Crippen LogP contribution in [0.25, 0.3) is 16.6 Å². The van der Waals surface area contributed by atoms with Crippen molar-refractivity contribution in [3.05, 3.63) is 89.3 Å². The lowest BCUT2D eigenvalue weighted by Crippen LogP contribution is -2.36. The number of halogens is 1. The fourth-order valence-corrected chi connectivity index (χ4v) is 3.48. The first-order chi connectivity index (χ1) is 13.7. The second kappa shape index (κ2) is 7.82. The molecule has 0 N–H and O–H groups in total. The first-order valence-electron chi connectivity index (χ1n) is 9.04. The van der Waals surface area contributed by atoms with Crippen molar-refractivity contribution in [2.24, 2.45) is 0 Å². The molecule has 2 heterocycles. The molecule has 5 nitrogen and oxygen atoms in total. The van der Waals surface area contributed by atoms with Crippen molar-refractivity contribution in [3.63, 3.8) is 0 Å². The summed E-state index contributed by atoms with van der Waals surface area (Å²) in [7, 11) is 0. The van der Waals surface area contributed by atoms with Crippen molar-refractivity contribution in [2.75, 3.05) is 6.61 Å². The number of ether oxygens (including phenoxy) is 1. The SMILES string of the molecule is CCOC(=O)c1c[n+](Cc2ccc(-n3cccn3)cc2)c2ccccc2c1Cl. The van der Waals surface area contributed by atoms with Crippen LogP contribution in [0.15, 0.2) is 73.2 Å². The topological polar surface area (TPSA) is 48.0 Å². The number of nitrogens with zero attached hydrogens (tertiary/aromatic N) is 3. The van der Waals surface area contributed by atoms with Crippen molar-refractivity contribution in [1.29, 1.82) is 0 Å². The summed E-state index contributed by atoms with van der Waals surface area (Å²) < 4.78 is 9.01. The Bertz CT molecular complexity index is 1120. The average Bonchev–Trinajstić information content (AvgIpc) is 3.26. The highest BCUT2D eigenvalue weighted by atomic mass is 35.5. The number of carbonyl (C=O) groups excluding carboxylic acids is 1. The molecule has 140 valence electrons. The van der Waals surface area contributed by atoms with E-state index in [1.165, 1.54) is 0 Å². The minimum absolute atomic E-state index is 0.302. The van der Waals surface area contributed by atoms with Crippen LogP contribution < -0.4 is 4.57 Å². The summed E-state index contributed by atoms with van der Waals surface area (Å²) in [5.41, 5.74) is 3.42. The van der Waals surface area contributed by atoms with Crippen LogP contribution in [-0.2, 0) is 11.3 Å². The molecule has 0 aliphatic rings. The van der Waals surface area contributed by atoms with E-state index >= 15 is 0 Å². The molecule has 0 aliphatic heterocycles. The second-order valence-electron chi connectivity index (χ2n) is 6.34. The molecule has 4 aromatic rings. The number of hydrogen-bond donors (Lipinski definition) is 0. The number of pyridine rings is 1. The van der Waals surface area contributed by atoms with E-state index in [1.54, 1.807) is 19.3 Å². The van der Waals surface area contributed by atoms with E-state index in [0.29, 0.717) is 23.7 Å². The number of fused-ring (bicyclic) bond motifs is 1. The molecule has 0 atom stereocenters. The van der Waals surface area contributed by atoms with Crippen LogP contribution in [0.2, 0.25) is 5.02 Å².